The second kappa shape index (κ2) is 7.59. The molecule has 0 spiro atoms. The van der Waals surface area contributed by atoms with E-state index in [0.717, 1.165) is 26.2 Å². The molecule has 0 bridgehead atoms. The summed E-state index contributed by atoms with van der Waals surface area (Å²) < 4.78 is 29.6. The molecule has 158 valence electrons. The molecule has 0 atom stereocenters. The van der Waals surface area contributed by atoms with E-state index >= 15 is 0 Å². The molecule has 0 aliphatic carbocycles. The normalized spacial score (nSPS) is 15.0. The van der Waals surface area contributed by atoms with Crippen LogP contribution in [-0.4, -0.2) is 57.9 Å². The molecular formula is C22H21F2N7. The van der Waals surface area contributed by atoms with Crippen LogP contribution in [0.2, 0.25) is 0 Å². The summed E-state index contributed by atoms with van der Waals surface area (Å²) in [4.78, 5) is 13.7. The van der Waals surface area contributed by atoms with Gasteiger partial charge in [-0.15, -0.1) is 5.10 Å². The average molecular weight is 421 g/mol. The Morgan fingerprint density at radius 1 is 0.903 bits per heavy atom. The summed E-state index contributed by atoms with van der Waals surface area (Å²) in [5.41, 5.74) is 8.09. The molecule has 4 aromatic rings. The molecule has 1 saturated heterocycles. The van der Waals surface area contributed by atoms with Crippen LogP contribution in [0.5, 0.6) is 0 Å². The van der Waals surface area contributed by atoms with E-state index in [-0.39, 0.29) is 11.6 Å². The van der Waals surface area contributed by atoms with Crippen LogP contribution in [-0.2, 0) is 0 Å². The van der Waals surface area contributed by atoms with Crippen molar-refractivity contribution in [2.24, 2.45) is 0 Å². The van der Waals surface area contributed by atoms with Crippen molar-refractivity contribution in [2.75, 3.05) is 43.9 Å². The van der Waals surface area contributed by atoms with E-state index in [4.69, 9.17) is 10.7 Å². The zero-order valence-corrected chi connectivity index (χ0v) is 17.0. The highest BCUT2D eigenvalue weighted by atomic mass is 19.1. The van der Waals surface area contributed by atoms with Crippen LogP contribution in [0.4, 0.5) is 20.5 Å². The lowest BCUT2D eigenvalue weighted by molar-refractivity contribution is 0.311. The molecule has 9 heteroatoms. The third-order valence-corrected chi connectivity index (χ3v) is 5.54. The van der Waals surface area contributed by atoms with Crippen molar-refractivity contribution in [1.29, 1.82) is 0 Å². The van der Waals surface area contributed by atoms with Crippen molar-refractivity contribution in [2.45, 2.75) is 0 Å². The molecule has 2 N–H and O–H groups in total. The van der Waals surface area contributed by atoms with Crippen molar-refractivity contribution >= 4 is 22.8 Å². The number of likely N-dealkylation sites (N-methyl/N-ethyl adjacent to an activating group) is 1. The van der Waals surface area contributed by atoms with E-state index < -0.39 is 5.82 Å². The van der Waals surface area contributed by atoms with Gasteiger partial charge >= 0.3 is 0 Å². The molecule has 0 radical (unpaired) electrons. The first-order valence-electron chi connectivity index (χ1n) is 10.0. The zero-order valence-electron chi connectivity index (χ0n) is 17.0. The fraction of sp³-hybridized carbons (Fsp3) is 0.227. The molecule has 1 aliphatic heterocycles. The highest BCUT2D eigenvalue weighted by Gasteiger charge is 2.24. The summed E-state index contributed by atoms with van der Waals surface area (Å²) in [7, 11) is 2.07. The van der Waals surface area contributed by atoms with Crippen LogP contribution >= 0.6 is 0 Å². The second-order valence-corrected chi connectivity index (χ2v) is 7.61. The van der Waals surface area contributed by atoms with Crippen LogP contribution in [0.1, 0.15) is 0 Å². The molecule has 0 saturated carbocycles. The number of hydrogen-bond donors (Lipinski definition) is 1. The van der Waals surface area contributed by atoms with Gasteiger partial charge in [0.25, 0.3) is 0 Å². The lowest BCUT2D eigenvalue weighted by Gasteiger charge is -2.32. The smallest absolute Gasteiger partial charge is 0.228 e. The summed E-state index contributed by atoms with van der Waals surface area (Å²) in [6, 6.07) is 12.3. The first-order valence-corrected chi connectivity index (χ1v) is 10.0. The molecule has 0 amide bonds. The Labute approximate surface area is 177 Å². The molecular weight excluding hydrogens is 400 g/mol. The Balaban J connectivity index is 1.73. The predicted molar refractivity (Wildman–Crippen MR) is 116 cm³/mol. The Morgan fingerprint density at radius 2 is 1.61 bits per heavy atom. The first-order chi connectivity index (χ1) is 15.0. The summed E-state index contributed by atoms with van der Waals surface area (Å²) in [5.74, 6) is -0.00335. The number of fused-ring (bicyclic) bond motifs is 1. The molecule has 1 fully saturated rings. The highest BCUT2D eigenvalue weighted by molar-refractivity contribution is 5.99. The van der Waals surface area contributed by atoms with E-state index in [9.17, 15) is 8.78 Å². The fourth-order valence-corrected chi connectivity index (χ4v) is 3.78. The van der Waals surface area contributed by atoms with Crippen molar-refractivity contribution in [3.05, 3.63) is 60.2 Å². The number of aromatic nitrogens is 4. The van der Waals surface area contributed by atoms with Crippen LogP contribution in [0.3, 0.4) is 0 Å². The first kappa shape index (κ1) is 19.4. The van der Waals surface area contributed by atoms with Crippen LogP contribution in [0.25, 0.3) is 28.0 Å². The fourth-order valence-electron chi connectivity index (χ4n) is 3.78. The highest BCUT2D eigenvalue weighted by Crippen LogP contribution is 2.34. The van der Waals surface area contributed by atoms with Crippen molar-refractivity contribution in [3.63, 3.8) is 0 Å². The molecule has 2 aromatic carbocycles. The van der Waals surface area contributed by atoms with Gasteiger partial charge in [0.2, 0.25) is 5.95 Å². The monoisotopic (exact) mass is 421 g/mol. The lowest BCUT2D eigenvalue weighted by atomic mass is 10.1. The maximum Gasteiger partial charge on any atom is 0.228 e. The van der Waals surface area contributed by atoms with Gasteiger partial charge in [0.15, 0.2) is 5.65 Å². The largest absolute Gasteiger partial charge is 0.383 e. The van der Waals surface area contributed by atoms with E-state index in [0.29, 0.717) is 33.9 Å². The van der Waals surface area contributed by atoms with E-state index in [1.165, 1.54) is 22.9 Å². The predicted octanol–water partition coefficient (Wildman–Crippen LogP) is 3.09. The number of halogens is 2. The second-order valence-electron chi connectivity index (χ2n) is 7.61. The number of piperazine rings is 1. The molecule has 3 heterocycles. The molecule has 1 aliphatic rings. The summed E-state index contributed by atoms with van der Waals surface area (Å²) in [6.07, 6.45) is 0. The Kier molecular flexibility index (Phi) is 4.74. The maximum atomic E-state index is 14.7. The number of nitrogens with two attached hydrogens (primary N) is 1. The quantitative estimate of drug-likeness (QED) is 0.548. The van der Waals surface area contributed by atoms with Crippen molar-refractivity contribution < 1.29 is 8.78 Å². The van der Waals surface area contributed by atoms with Gasteiger partial charge in [0, 0.05) is 31.7 Å². The van der Waals surface area contributed by atoms with Crippen LogP contribution in [0, 0.1) is 11.6 Å². The number of rotatable bonds is 3. The maximum absolute atomic E-state index is 14.7. The average Bonchev–Trinajstić information content (AvgIpc) is 3.11. The minimum absolute atomic E-state index is 0.268. The number of anilines is 2. The van der Waals surface area contributed by atoms with Gasteiger partial charge in [-0.3, -0.25) is 0 Å². The van der Waals surface area contributed by atoms with Crippen molar-refractivity contribution in [3.8, 4) is 16.9 Å². The van der Waals surface area contributed by atoms with Gasteiger partial charge in [0.1, 0.15) is 17.5 Å². The Bertz CT molecular complexity index is 1240. The standard InChI is InChI=1S/C22H21F2N7/c1-29-10-12-30(13-11-29)22-26-19(16-4-2-3-5-17(16)24)18-20(25)31(28-21(18)27-22)15-8-6-14(23)7-9-15/h2-9H,10-13,25H2,1H3. The van der Waals surface area contributed by atoms with E-state index in [2.05, 4.69) is 26.9 Å². The van der Waals surface area contributed by atoms with Gasteiger partial charge in [0.05, 0.1) is 16.8 Å². The number of nitrogen functional groups attached to an aromatic ring is 1. The molecule has 0 unspecified atom stereocenters. The molecule has 7 nitrogen and oxygen atoms in total. The third kappa shape index (κ3) is 3.46. The Hall–Kier alpha value is -3.59. The molecule has 2 aromatic heterocycles. The summed E-state index contributed by atoms with van der Waals surface area (Å²) >= 11 is 0. The number of hydrogen-bond acceptors (Lipinski definition) is 6. The summed E-state index contributed by atoms with van der Waals surface area (Å²) in [5, 5.41) is 5.02. The van der Waals surface area contributed by atoms with Crippen LogP contribution in [0.15, 0.2) is 48.5 Å². The minimum Gasteiger partial charge on any atom is -0.383 e. The van der Waals surface area contributed by atoms with Gasteiger partial charge < -0.3 is 15.5 Å². The zero-order chi connectivity index (χ0) is 21.5. The third-order valence-electron chi connectivity index (χ3n) is 5.54. The molecule has 5 rings (SSSR count). The van der Waals surface area contributed by atoms with Gasteiger partial charge in [-0.1, -0.05) is 12.1 Å². The van der Waals surface area contributed by atoms with Crippen molar-refractivity contribution in [1.82, 2.24) is 24.6 Å². The number of nitrogens with zero attached hydrogens (tertiary/aromatic N) is 6. The van der Waals surface area contributed by atoms with Crippen LogP contribution < -0.4 is 10.6 Å². The van der Waals surface area contributed by atoms with Gasteiger partial charge in [-0.05, 0) is 43.4 Å². The summed E-state index contributed by atoms with van der Waals surface area (Å²) in [6.45, 7) is 3.27. The molecule has 31 heavy (non-hydrogen) atoms. The Morgan fingerprint density at radius 3 is 2.32 bits per heavy atom. The van der Waals surface area contributed by atoms with E-state index in [1.54, 1.807) is 30.3 Å². The van der Waals surface area contributed by atoms with E-state index in [1.807, 2.05) is 0 Å². The number of benzene rings is 2. The van der Waals surface area contributed by atoms with Gasteiger partial charge in [-0.25, -0.2) is 18.4 Å². The SMILES string of the molecule is CN1CCN(c2nc(-c3ccccc3F)c3c(N)n(-c4ccc(F)cc4)nc3n2)CC1. The van der Waals surface area contributed by atoms with Gasteiger partial charge in [-0.2, -0.15) is 4.98 Å². The lowest BCUT2D eigenvalue weighted by Crippen LogP contribution is -2.45. The minimum atomic E-state index is -0.402. The topological polar surface area (TPSA) is 76.1 Å².